The maximum absolute atomic E-state index is 12.6. The van der Waals surface area contributed by atoms with E-state index in [0.29, 0.717) is 17.4 Å². The second-order valence-corrected chi connectivity index (χ2v) is 12.0. The molecular weight excluding hydrogens is 529 g/mol. The molecule has 0 aromatic heterocycles. The Kier molecular flexibility index (Phi) is 11.6. The van der Waals surface area contributed by atoms with E-state index in [2.05, 4.69) is 0 Å². The average Bonchev–Trinajstić information content (AvgIpc) is 2.93. The van der Waals surface area contributed by atoms with Gasteiger partial charge in [0.15, 0.2) is 0 Å². The first-order valence-corrected chi connectivity index (χ1v) is 15.0. The molecule has 3 aromatic carbocycles. The summed E-state index contributed by atoms with van der Waals surface area (Å²) in [7, 11) is 1.46. The molecule has 0 saturated carbocycles. The van der Waals surface area contributed by atoms with Gasteiger partial charge < -0.3 is 18.9 Å². The Hall–Kier alpha value is -2.84. The minimum Gasteiger partial charge on any atom is -0.457 e. The van der Waals surface area contributed by atoms with Crippen molar-refractivity contribution in [3.05, 3.63) is 108 Å². The summed E-state index contributed by atoms with van der Waals surface area (Å²) < 4.78 is 36.0. The maximum atomic E-state index is 12.6. The fourth-order valence-corrected chi connectivity index (χ4v) is 4.94. The highest BCUT2D eigenvalue weighted by molar-refractivity contribution is 7.47. The molecule has 0 bridgehead atoms. The Labute approximate surface area is 237 Å². The highest BCUT2D eigenvalue weighted by Crippen LogP contribution is 2.44. The Morgan fingerprint density at radius 2 is 1.30 bits per heavy atom. The molecule has 216 valence electrons. The van der Waals surface area contributed by atoms with Crippen molar-refractivity contribution in [2.24, 2.45) is 0 Å². The van der Waals surface area contributed by atoms with E-state index in [1.807, 2.05) is 119 Å². The molecule has 2 atom stereocenters. The van der Waals surface area contributed by atoms with Crippen LogP contribution in [0.1, 0.15) is 36.5 Å². The van der Waals surface area contributed by atoms with Crippen LogP contribution in [0, 0.1) is 0 Å². The van der Waals surface area contributed by atoms with Crippen LogP contribution in [-0.4, -0.2) is 69.0 Å². The van der Waals surface area contributed by atoms with Gasteiger partial charge in [0.1, 0.15) is 24.9 Å². The third kappa shape index (κ3) is 9.37. The molecule has 40 heavy (non-hydrogen) atoms. The number of nitrogens with zero attached hydrogens (tertiary/aromatic N) is 1. The zero-order valence-corrected chi connectivity index (χ0v) is 24.7. The van der Waals surface area contributed by atoms with Crippen LogP contribution in [0.25, 0.3) is 0 Å². The number of quaternary nitrogens is 1. The Balaban J connectivity index is 1.91. The second-order valence-electron chi connectivity index (χ2n) is 10.6. The first-order chi connectivity index (χ1) is 19.1. The van der Waals surface area contributed by atoms with Crippen LogP contribution >= 0.6 is 7.82 Å². The van der Waals surface area contributed by atoms with Crippen LogP contribution in [-0.2, 0) is 33.5 Å². The molecule has 9 heteroatoms. The van der Waals surface area contributed by atoms with Gasteiger partial charge in [0.25, 0.3) is 0 Å². The minimum atomic E-state index is -4.39. The van der Waals surface area contributed by atoms with E-state index >= 15 is 0 Å². The van der Waals surface area contributed by atoms with Crippen LogP contribution in [0.2, 0.25) is 0 Å². The summed E-state index contributed by atoms with van der Waals surface area (Å²) in [4.78, 5) is 22.8. The predicted octanol–water partition coefficient (Wildman–Crippen LogP) is 5.55. The van der Waals surface area contributed by atoms with Crippen molar-refractivity contribution in [2.45, 2.75) is 31.5 Å². The van der Waals surface area contributed by atoms with E-state index in [1.54, 1.807) is 0 Å². The van der Waals surface area contributed by atoms with E-state index in [9.17, 15) is 14.3 Å². The number of esters is 1. The fourth-order valence-electron chi connectivity index (χ4n) is 4.20. The van der Waals surface area contributed by atoms with E-state index in [1.165, 1.54) is 0 Å². The Morgan fingerprint density at radius 3 is 1.73 bits per heavy atom. The molecular formula is C31H41NO7P+. The van der Waals surface area contributed by atoms with Crippen molar-refractivity contribution >= 4 is 13.8 Å². The first kappa shape index (κ1) is 31.7. The first-order valence-electron chi connectivity index (χ1n) is 13.5. The normalized spacial score (nSPS) is 14.3. The third-order valence-electron chi connectivity index (χ3n) is 6.22. The molecule has 0 heterocycles. The lowest BCUT2D eigenvalue weighted by Gasteiger charge is -2.37. The number of phosphoric acid groups is 1. The number of likely N-dealkylation sites (N-methyl/N-ethyl adjacent to an activating group) is 1. The van der Waals surface area contributed by atoms with Crippen LogP contribution in [0.3, 0.4) is 0 Å². The smallest absolute Gasteiger partial charge is 0.457 e. The molecule has 1 unspecified atom stereocenters. The van der Waals surface area contributed by atoms with Crippen LogP contribution in [0.15, 0.2) is 91.0 Å². The number of carbonyl (C=O) groups excluding carboxylic acids is 1. The van der Waals surface area contributed by atoms with Crippen molar-refractivity contribution in [1.29, 1.82) is 0 Å². The van der Waals surface area contributed by atoms with Gasteiger partial charge in [0.2, 0.25) is 0 Å². The number of hydrogen-bond acceptors (Lipinski definition) is 6. The van der Waals surface area contributed by atoms with Gasteiger partial charge in [-0.1, -0.05) is 97.9 Å². The van der Waals surface area contributed by atoms with Crippen molar-refractivity contribution in [1.82, 2.24) is 0 Å². The van der Waals surface area contributed by atoms with E-state index < -0.39 is 25.5 Å². The summed E-state index contributed by atoms with van der Waals surface area (Å²) in [6, 6.07) is 29.4. The highest BCUT2D eigenvalue weighted by Gasteiger charge is 2.39. The van der Waals surface area contributed by atoms with E-state index in [-0.39, 0.29) is 26.2 Å². The molecule has 0 aliphatic carbocycles. The fraction of sp³-hybridized carbons (Fsp3) is 0.387. The molecule has 0 aliphatic heterocycles. The van der Waals surface area contributed by atoms with Gasteiger partial charge in [0, 0.05) is 6.42 Å². The molecule has 0 spiro atoms. The standard InChI is InChI=1S/C31H40NO7P/c1-5-15-30(33)39-29(25-38-40(34,35)37-23-22-32(2,3)4)24-36-31(26-16-9-6-10-17-26,27-18-11-7-12-19-27)28-20-13-8-14-21-28/h6-14,16-21,29H,5,15,22-25H2,1-4H3/p+1/t29-/m1/s1. The van der Waals surface area contributed by atoms with Gasteiger partial charge in [-0.05, 0) is 23.1 Å². The largest absolute Gasteiger partial charge is 0.472 e. The molecule has 0 fully saturated rings. The summed E-state index contributed by atoms with van der Waals surface area (Å²) in [5, 5.41) is 0. The molecule has 0 saturated heterocycles. The molecule has 0 amide bonds. The Morgan fingerprint density at radius 1 is 0.825 bits per heavy atom. The van der Waals surface area contributed by atoms with Gasteiger partial charge in [-0.25, -0.2) is 4.57 Å². The van der Waals surface area contributed by atoms with Crippen LogP contribution < -0.4 is 0 Å². The number of rotatable bonds is 16. The summed E-state index contributed by atoms with van der Waals surface area (Å²) in [5.74, 6) is -0.442. The van der Waals surface area contributed by atoms with Crippen molar-refractivity contribution < 1.29 is 37.3 Å². The zero-order chi connectivity index (χ0) is 29.1. The number of benzene rings is 3. The van der Waals surface area contributed by atoms with Gasteiger partial charge in [-0.3, -0.25) is 13.8 Å². The maximum Gasteiger partial charge on any atom is 0.472 e. The number of phosphoric ester groups is 1. The van der Waals surface area contributed by atoms with Crippen LogP contribution in [0.4, 0.5) is 0 Å². The second kappa shape index (κ2) is 14.7. The average molecular weight is 571 g/mol. The molecule has 0 radical (unpaired) electrons. The van der Waals surface area contributed by atoms with Crippen LogP contribution in [0.5, 0.6) is 0 Å². The summed E-state index contributed by atoms with van der Waals surface area (Å²) >= 11 is 0. The molecule has 8 nitrogen and oxygen atoms in total. The predicted molar refractivity (Wildman–Crippen MR) is 155 cm³/mol. The molecule has 1 N–H and O–H groups in total. The SMILES string of the molecule is CCCC(=O)O[C@H](COC(c1ccccc1)(c1ccccc1)c1ccccc1)COP(=O)(O)OCC[N+](C)(C)C. The van der Waals surface area contributed by atoms with Gasteiger partial charge in [0.05, 0.1) is 34.4 Å². The summed E-state index contributed by atoms with van der Waals surface area (Å²) in [6.45, 7) is 1.94. The van der Waals surface area contributed by atoms with E-state index in [0.717, 1.165) is 16.7 Å². The van der Waals surface area contributed by atoms with Gasteiger partial charge in [-0.15, -0.1) is 0 Å². The Bertz CT molecular complexity index is 1120. The molecule has 0 aliphatic rings. The molecule has 3 rings (SSSR count). The lowest BCUT2D eigenvalue weighted by atomic mass is 9.80. The lowest BCUT2D eigenvalue weighted by Crippen LogP contribution is -2.38. The zero-order valence-electron chi connectivity index (χ0n) is 23.8. The monoisotopic (exact) mass is 570 g/mol. The van der Waals surface area contributed by atoms with Crippen molar-refractivity contribution in [3.63, 3.8) is 0 Å². The molecule has 3 aromatic rings. The van der Waals surface area contributed by atoms with Gasteiger partial charge in [-0.2, -0.15) is 0 Å². The van der Waals surface area contributed by atoms with E-state index in [4.69, 9.17) is 18.5 Å². The van der Waals surface area contributed by atoms with Gasteiger partial charge >= 0.3 is 13.8 Å². The van der Waals surface area contributed by atoms with Crippen molar-refractivity contribution in [2.75, 3.05) is 47.5 Å². The highest BCUT2D eigenvalue weighted by atomic mass is 31.2. The third-order valence-corrected chi connectivity index (χ3v) is 7.20. The summed E-state index contributed by atoms with van der Waals surface area (Å²) in [6.07, 6.45) is -0.159. The number of ether oxygens (including phenoxy) is 2. The number of carbonyl (C=O) groups is 1. The summed E-state index contributed by atoms with van der Waals surface area (Å²) in [5.41, 5.74) is 1.58. The number of hydrogen-bond donors (Lipinski definition) is 1. The van der Waals surface area contributed by atoms with Crippen molar-refractivity contribution in [3.8, 4) is 0 Å². The minimum absolute atomic E-state index is 0.0349. The lowest BCUT2D eigenvalue weighted by molar-refractivity contribution is -0.870. The quantitative estimate of drug-likeness (QED) is 0.105. The topological polar surface area (TPSA) is 91.3 Å².